The molecular weight excluding hydrogens is 312 g/mol. The Morgan fingerprint density at radius 3 is 2.60 bits per heavy atom. The van der Waals surface area contributed by atoms with Crippen LogP contribution in [0.3, 0.4) is 0 Å². The molecule has 0 unspecified atom stereocenters. The lowest BCUT2D eigenvalue weighted by Gasteiger charge is -2.09. The molecule has 0 aliphatic heterocycles. The summed E-state index contributed by atoms with van der Waals surface area (Å²) in [7, 11) is 0. The first-order valence-electron chi connectivity index (χ1n) is 8.15. The normalized spacial score (nSPS) is 10.3. The highest BCUT2D eigenvalue weighted by atomic mass is 16.1. The highest BCUT2D eigenvalue weighted by molar-refractivity contribution is 5.88. The molecule has 1 amide bonds. The average Bonchev–Trinajstić information content (AvgIpc) is 2.61. The van der Waals surface area contributed by atoms with Crippen molar-refractivity contribution >= 4 is 17.4 Å². The van der Waals surface area contributed by atoms with Crippen molar-refractivity contribution in [3.05, 3.63) is 83.8 Å². The molecule has 2 N–H and O–H groups in total. The van der Waals surface area contributed by atoms with E-state index in [9.17, 15) is 4.79 Å². The van der Waals surface area contributed by atoms with Crippen molar-refractivity contribution in [2.45, 2.75) is 19.9 Å². The summed E-state index contributed by atoms with van der Waals surface area (Å²) in [5.74, 6) is 1.49. The maximum absolute atomic E-state index is 11.1. The van der Waals surface area contributed by atoms with Gasteiger partial charge in [-0.05, 0) is 29.3 Å². The highest BCUT2D eigenvalue weighted by Crippen LogP contribution is 2.13. The average molecular weight is 332 g/mol. The van der Waals surface area contributed by atoms with Crippen LogP contribution in [0.25, 0.3) is 0 Å². The van der Waals surface area contributed by atoms with Crippen LogP contribution in [0.1, 0.15) is 23.9 Å². The van der Waals surface area contributed by atoms with Crippen molar-refractivity contribution in [1.82, 2.24) is 9.97 Å². The summed E-state index contributed by atoms with van der Waals surface area (Å²) in [5.41, 5.74) is 3.04. The van der Waals surface area contributed by atoms with Gasteiger partial charge in [-0.2, -0.15) is 0 Å². The van der Waals surface area contributed by atoms with Crippen LogP contribution in [-0.4, -0.2) is 15.9 Å². The molecule has 1 aromatic heterocycles. The van der Waals surface area contributed by atoms with Gasteiger partial charge in [0.15, 0.2) is 0 Å². The third-order valence-corrected chi connectivity index (χ3v) is 3.63. The van der Waals surface area contributed by atoms with Gasteiger partial charge in [0, 0.05) is 31.8 Å². The van der Waals surface area contributed by atoms with Gasteiger partial charge in [-0.1, -0.05) is 42.5 Å². The van der Waals surface area contributed by atoms with Gasteiger partial charge in [0.1, 0.15) is 11.6 Å². The Morgan fingerprint density at radius 1 is 1.00 bits per heavy atom. The number of carbonyl (C=O) groups excluding carboxylic acids is 1. The van der Waals surface area contributed by atoms with Crippen molar-refractivity contribution in [3.8, 4) is 0 Å². The largest absolute Gasteiger partial charge is 0.366 e. The molecule has 0 fully saturated rings. The van der Waals surface area contributed by atoms with E-state index in [1.807, 2.05) is 48.5 Å². The van der Waals surface area contributed by atoms with Gasteiger partial charge in [0.2, 0.25) is 5.91 Å². The van der Waals surface area contributed by atoms with E-state index in [1.165, 1.54) is 12.5 Å². The predicted molar refractivity (Wildman–Crippen MR) is 99.4 cm³/mol. The number of nitrogens with one attached hydrogen (secondary N) is 2. The SMILES string of the molecule is CC(=O)Nc1cccc(CNc2ccnc(Cc3ccccc3)n2)c1. The van der Waals surface area contributed by atoms with Crippen LogP contribution in [-0.2, 0) is 17.8 Å². The van der Waals surface area contributed by atoms with Crippen molar-refractivity contribution in [3.63, 3.8) is 0 Å². The molecule has 0 saturated heterocycles. The van der Waals surface area contributed by atoms with Crippen LogP contribution in [0, 0.1) is 0 Å². The van der Waals surface area contributed by atoms with Crippen molar-refractivity contribution < 1.29 is 4.79 Å². The molecule has 3 aromatic rings. The van der Waals surface area contributed by atoms with Gasteiger partial charge in [0.25, 0.3) is 0 Å². The number of carbonyl (C=O) groups is 1. The summed E-state index contributed by atoms with van der Waals surface area (Å²) in [6.07, 6.45) is 2.47. The maximum atomic E-state index is 11.1. The second kappa shape index (κ2) is 8.06. The molecule has 5 nitrogen and oxygen atoms in total. The van der Waals surface area contributed by atoms with E-state index in [0.717, 1.165) is 22.9 Å². The first kappa shape index (κ1) is 16.6. The number of rotatable bonds is 6. The molecule has 0 aliphatic carbocycles. The van der Waals surface area contributed by atoms with Crippen LogP contribution in [0.5, 0.6) is 0 Å². The number of amides is 1. The van der Waals surface area contributed by atoms with E-state index in [2.05, 4.69) is 32.7 Å². The van der Waals surface area contributed by atoms with E-state index in [0.29, 0.717) is 13.0 Å². The minimum absolute atomic E-state index is 0.0773. The number of benzene rings is 2. The third-order valence-electron chi connectivity index (χ3n) is 3.63. The molecule has 25 heavy (non-hydrogen) atoms. The Labute approximate surface area is 147 Å². The van der Waals surface area contributed by atoms with Crippen LogP contribution in [0.2, 0.25) is 0 Å². The molecule has 126 valence electrons. The topological polar surface area (TPSA) is 66.9 Å². The van der Waals surface area contributed by atoms with Crippen molar-refractivity contribution in [1.29, 1.82) is 0 Å². The molecule has 2 aromatic carbocycles. The fourth-order valence-electron chi connectivity index (χ4n) is 2.52. The molecule has 1 heterocycles. The monoisotopic (exact) mass is 332 g/mol. The third kappa shape index (κ3) is 5.14. The maximum Gasteiger partial charge on any atom is 0.221 e. The summed E-state index contributed by atoms with van der Waals surface area (Å²) in [6.45, 7) is 2.12. The number of aromatic nitrogens is 2. The van der Waals surface area contributed by atoms with E-state index >= 15 is 0 Å². The lowest BCUT2D eigenvalue weighted by atomic mass is 10.1. The summed E-state index contributed by atoms with van der Waals surface area (Å²) < 4.78 is 0. The van der Waals surface area contributed by atoms with Crippen LogP contribution in [0.15, 0.2) is 66.9 Å². The summed E-state index contributed by atoms with van der Waals surface area (Å²) in [4.78, 5) is 20.0. The molecule has 0 radical (unpaired) electrons. The minimum atomic E-state index is -0.0773. The molecule has 0 spiro atoms. The van der Waals surface area contributed by atoms with Gasteiger partial charge in [-0.15, -0.1) is 0 Å². The second-order valence-electron chi connectivity index (χ2n) is 5.76. The van der Waals surface area contributed by atoms with E-state index in [-0.39, 0.29) is 5.91 Å². The zero-order valence-electron chi connectivity index (χ0n) is 14.1. The predicted octanol–water partition coefficient (Wildman–Crippen LogP) is 3.64. The summed E-state index contributed by atoms with van der Waals surface area (Å²) >= 11 is 0. The van der Waals surface area contributed by atoms with Crippen LogP contribution in [0.4, 0.5) is 11.5 Å². The number of hydrogen-bond donors (Lipinski definition) is 2. The van der Waals surface area contributed by atoms with Gasteiger partial charge in [0.05, 0.1) is 0 Å². The van der Waals surface area contributed by atoms with Crippen LogP contribution < -0.4 is 10.6 Å². The highest BCUT2D eigenvalue weighted by Gasteiger charge is 2.02. The Hall–Kier alpha value is -3.21. The Bertz CT molecular complexity index is 849. The molecule has 3 rings (SSSR count). The van der Waals surface area contributed by atoms with Gasteiger partial charge < -0.3 is 10.6 Å². The standard InChI is InChI=1S/C20H20N4O/c1-15(25)23-18-9-5-8-17(12-18)14-22-19-10-11-21-20(24-19)13-16-6-3-2-4-7-16/h2-12H,13-14H2,1H3,(H,23,25)(H,21,22,24). The van der Waals surface area contributed by atoms with Crippen molar-refractivity contribution in [2.24, 2.45) is 0 Å². The smallest absolute Gasteiger partial charge is 0.221 e. The fourth-order valence-corrected chi connectivity index (χ4v) is 2.52. The molecule has 5 heteroatoms. The van der Waals surface area contributed by atoms with Crippen LogP contribution >= 0.6 is 0 Å². The quantitative estimate of drug-likeness (QED) is 0.723. The molecular formula is C20H20N4O. The Kier molecular flexibility index (Phi) is 5.36. The first-order valence-corrected chi connectivity index (χ1v) is 8.15. The number of hydrogen-bond acceptors (Lipinski definition) is 4. The summed E-state index contributed by atoms with van der Waals surface area (Å²) in [5, 5.41) is 6.09. The van der Waals surface area contributed by atoms with E-state index in [1.54, 1.807) is 6.20 Å². The zero-order chi connectivity index (χ0) is 17.5. The fraction of sp³-hybridized carbons (Fsp3) is 0.150. The lowest BCUT2D eigenvalue weighted by Crippen LogP contribution is -2.07. The first-order chi connectivity index (χ1) is 12.2. The Balaban J connectivity index is 1.63. The van der Waals surface area contributed by atoms with Gasteiger partial charge >= 0.3 is 0 Å². The van der Waals surface area contributed by atoms with E-state index in [4.69, 9.17) is 0 Å². The summed E-state index contributed by atoms with van der Waals surface area (Å²) in [6, 6.07) is 19.7. The number of nitrogens with zero attached hydrogens (tertiary/aromatic N) is 2. The molecule has 0 saturated carbocycles. The molecule has 0 bridgehead atoms. The van der Waals surface area contributed by atoms with Crippen molar-refractivity contribution in [2.75, 3.05) is 10.6 Å². The van der Waals surface area contributed by atoms with Gasteiger partial charge in [-0.25, -0.2) is 9.97 Å². The minimum Gasteiger partial charge on any atom is -0.366 e. The molecule has 0 aliphatic rings. The molecule has 0 atom stereocenters. The number of anilines is 2. The van der Waals surface area contributed by atoms with E-state index < -0.39 is 0 Å². The Morgan fingerprint density at radius 2 is 1.80 bits per heavy atom. The lowest BCUT2D eigenvalue weighted by molar-refractivity contribution is -0.114. The second-order valence-corrected chi connectivity index (χ2v) is 5.76. The van der Waals surface area contributed by atoms with Gasteiger partial charge in [-0.3, -0.25) is 4.79 Å². The zero-order valence-corrected chi connectivity index (χ0v) is 14.1.